The van der Waals surface area contributed by atoms with Crippen molar-refractivity contribution in [2.45, 2.75) is 76.4 Å². The quantitative estimate of drug-likeness (QED) is 0.694. The van der Waals surface area contributed by atoms with Gasteiger partial charge in [0.25, 0.3) is 0 Å². The molecule has 0 aromatic heterocycles. The van der Waals surface area contributed by atoms with E-state index >= 15 is 0 Å². The normalized spacial score (nSPS) is 34.6. The fourth-order valence-corrected chi connectivity index (χ4v) is 3.75. The molecule has 2 aliphatic carbocycles. The second-order valence-corrected chi connectivity index (χ2v) is 7.04. The largest absolute Gasteiger partial charge is 0.394 e. The number of hydrogen-bond acceptors (Lipinski definition) is 3. The molecule has 19 heavy (non-hydrogen) atoms. The van der Waals surface area contributed by atoms with Gasteiger partial charge in [-0.1, -0.05) is 32.6 Å². The fraction of sp³-hybridized carbons (Fsp3) is 1.00. The summed E-state index contributed by atoms with van der Waals surface area (Å²) in [6, 6.07) is 0. The molecule has 1 unspecified atom stereocenters. The van der Waals surface area contributed by atoms with Crippen molar-refractivity contribution in [2.24, 2.45) is 11.8 Å². The van der Waals surface area contributed by atoms with Crippen molar-refractivity contribution < 1.29 is 10.2 Å². The highest BCUT2D eigenvalue weighted by atomic mass is 16.3. The molecule has 2 aliphatic rings. The monoisotopic (exact) mass is 269 g/mol. The summed E-state index contributed by atoms with van der Waals surface area (Å²) in [5.41, 5.74) is -0.122. The maximum atomic E-state index is 10.2. The van der Waals surface area contributed by atoms with Gasteiger partial charge in [-0.05, 0) is 43.9 Å². The number of β-amino-alcohol motifs (C(OH)–C–C–N with tert-alkyl or cyclic N) is 1. The molecule has 3 N–H and O–H groups in total. The lowest BCUT2D eigenvalue weighted by Crippen LogP contribution is -2.53. The molecule has 2 rings (SSSR count). The van der Waals surface area contributed by atoms with E-state index in [0.29, 0.717) is 6.54 Å². The minimum atomic E-state index is -0.245. The van der Waals surface area contributed by atoms with Crippen molar-refractivity contribution in [3.05, 3.63) is 0 Å². The zero-order valence-electron chi connectivity index (χ0n) is 12.4. The summed E-state index contributed by atoms with van der Waals surface area (Å²) in [5.74, 6) is 1.51. The summed E-state index contributed by atoms with van der Waals surface area (Å²) < 4.78 is 0. The van der Waals surface area contributed by atoms with E-state index in [4.69, 9.17) is 0 Å². The second kappa shape index (κ2) is 7.05. The third-order valence-corrected chi connectivity index (χ3v) is 5.33. The summed E-state index contributed by atoms with van der Waals surface area (Å²) >= 11 is 0. The zero-order chi connectivity index (χ0) is 13.7. The van der Waals surface area contributed by atoms with Crippen LogP contribution < -0.4 is 5.32 Å². The Labute approximate surface area is 117 Å². The molecule has 0 heterocycles. The molecule has 0 aliphatic heterocycles. The van der Waals surface area contributed by atoms with Crippen LogP contribution in [0.3, 0.4) is 0 Å². The van der Waals surface area contributed by atoms with E-state index < -0.39 is 0 Å². The van der Waals surface area contributed by atoms with Crippen LogP contribution in [0.25, 0.3) is 0 Å². The standard InChI is InChI=1S/C16H31NO2/c1-13-6-8-16(12-18,9-7-13)17-11-15(19)10-14-4-2-3-5-14/h13-15,17-19H,2-12H2,1H3. The highest BCUT2D eigenvalue weighted by Gasteiger charge is 2.33. The lowest BCUT2D eigenvalue weighted by molar-refractivity contribution is 0.0762. The van der Waals surface area contributed by atoms with Gasteiger partial charge in [0.15, 0.2) is 0 Å². The molecule has 0 radical (unpaired) electrons. The smallest absolute Gasteiger partial charge is 0.0667 e. The number of hydrogen-bond donors (Lipinski definition) is 3. The maximum absolute atomic E-state index is 10.2. The van der Waals surface area contributed by atoms with Crippen molar-refractivity contribution in [3.63, 3.8) is 0 Å². The molecule has 0 bridgehead atoms. The van der Waals surface area contributed by atoms with Crippen LogP contribution in [-0.4, -0.2) is 35.0 Å². The molecule has 0 saturated heterocycles. The van der Waals surface area contributed by atoms with Gasteiger partial charge in [0, 0.05) is 12.1 Å². The Morgan fingerprint density at radius 3 is 2.37 bits per heavy atom. The average Bonchev–Trinajstić information content (AvgIpc) is 2.92. The molecule has 0 aromatic carbocycles. The van der Waals surface area contributed by atoms with Gasteiger partial charge in [0.1, 0.15) is 0 Å². The van der Waals surface area contributed by atoms with Crippen molar-refractivity contribution in [1.29, 1.82) is 0 Å². The maximum Gasteiger partial charge on any atom is 0.0667 e. The van der Waals surface area contributed by atoms with E-state index in [-0.39, 0.29) is 18.2 Å². The summed E-state index contributed by atoms with van der Waals surface area (Å²) in [4.78, 5) is 0. The number of nitrogens with one attached hydrogen (secondary N) is 1. The van der Waals surface area contributed by atoms with Gasteiger partial charge >= 0.3 is 0 Å². The van der Waals surface area contributed by atoms with Crippen LogP contribution in [0, 0.1) is 11.8 Å². The van der Waals surface area contributed by atoms with Gasteiger partial charge < -0.3 is 15.5 Å². The molecule has 112 valence electrons. The molecule has 3 heteroatoms. The first kappa shape index (κ1) is 15.3. The SMILES string of the molecule is CC1CCC(CO)(NCC(O)CC2CCCC2)CC1. The van der Waals surface area contributed by atoms with Gasteiger partial charge in [0.05, 0.1) is 12.7 Å². The number of aliphatic hydroxyl groups excluding tert-OH is 2. The lowest BCUT2D eigenvalue weighted by atomic mass is 9.77. The van der Waals surface area contributed by atoms with Crippen molar-refractivity contribution in [1.82, 2.24) is 5.32 Å². The van der Waals surface area contributed by atoms with Gasteiger partial charge in [-0.25, -0.2) is 0 Å². The Kier molecular flexibility index (Phi) is 5.67. The van der Waals surface area contributed by atoms with Crippen LogP contribution in [0.5, 0.6) is 0 Å². The van der Waals surface area contributed by atoms with E-state index in [1.807, 2.05) is 0 Å². The molecular formula is C16H31NO2. The Balaban J connectivity index is 1.72. The van der Waals surface area contributed by atoms with Crippen LogP contribution >= 0.6 is 0 Å². The molecule has 0 aromatic rings. The summed E-state index contributed by atoms with van der Waals surface area (Å²) in [6.07, 6.45) is 10.4. The van der Waals surface area contributed by atoms with Gasteiger partial charge in [-0.15, -0.1) is 0 Å². The predicted molar refractivity (Wildman–Crippen MR) is 78.0 cm³/mol. The summed E-state index contributed by atoms with van der Waals surface area (Å²) in [6.45, 7) is 3.14. The first-order valence-corrected chi connectivity index (χ1v) is 8.17. The first-order chi connectivity index (χ1) is 9.13. The van der Waals surface area contributed by atoms with E-state index in [0.717, 1.165) is 31.1 Å². The average molecular weight is 269 g/mol. The Morgan fingerprint density at radius 2 is 1.79 bits per heavy atom. The van der Waals surface area contributed by atoms with Crippen LogP contribution in [0.4, 0.5) is 0 Å². The highest BCUT2D eigenvalue weighted by molar-refractivity contribution is 4.92. The highest BCUT2D eigenvalue weighted by Crippen LogP contribution is 2.32. The van der Waals surface area contributed by atoms with Gasteiger partial charge in [-0.2, -0.15) is 0 Å². The molecule has 3 nitrogen and oxygen atoms in total. The molecule has 0 spiro atoms. The van der Waals surface area contributed by atoms with Gasteiger partial charge in [-0.3, -0.25) is 0 Å². The van der Waals surface area contributed by atoms with Crippen molar-refractivity contribution in [3.8, 4) is 0 Å². The van der Waals surface area contributed by atoms with E-state index in [1.165, 1.54) is 38.5 Å². The zero-order valence-corrected chi connectivity index (χ0v) is 12.4. The van der Waals surface area contributed by atoms with Gasteiger partial charge in [0.2, 0.25) is 0 Å². The minimum Gasteiger partial charge on any atom is -0.394 e. The summed E-state index contributed by atoms with van der Waals surface area (Å²) in [7, 11) is 0. The lowest BCUT2D eigenvalue weighted by Gasteiger charge is -2.39. The third-order valence-electron chi connectivity index (χ3n) is 5.33. The molecule has 0 amide bonds. The minimum absolute atomic E-state index is 0.122. The number of aliphatic hydroxyl groups is 2. The van der Waals surface area contributed by atoms with Crippen LogP contribution in [0.15, 0.2) is 0 Å². The second-order valence-electron chi connectivity index (χ2n) is 7.04. The molecular weight excluding hydrogens is 238 g/mol. The summed E-state index contributed by atoms with van der Waals surface area (Å²) in [5, 5.41) is 23.3. The topological polar surface area (TPSA) is 52.5 Å². The molecule has 2 saturated carbocycles. The predicted octanol–water partition coefficient (Wildman–Crippen LogP) is 2.46. The first-order valence-electron chi connectivity index (χ1n) is 8.17. The third kappa shape index (κ3) is 4.44. The Hall–Kier alpha value is -0.120. The number of rotatable bonds is 6. The fourth-order valence-electron chi connectivity index (χ4n) is 3.75. The van der Waals surface area contributed by atoms with Crippen LogP contribution in [-0.2, 0) is 0 Å². The Morgan fingerprint density at radius 1 is 1.16 bits per heavy atom. The van der Waals surface area contributed by atoms with Crippen LogP contribution in [0.1, 0.15) is 64.7 Å². The van der Waals surface area contributed by atoms with E-state index in [9.17, 15) is 10.2 Å². The van der Waals surface area contributed by atoms with E-state index in [1.54, 1.807) is 0 Å². The van der Waals surface area contributed by atoms with Crippen molar-refractivity contribution >= 4 is 0 Å². The molecule has 1 atom stereocenters. The van der Waals surface area contributed by atoms with E-state index in [2.05, 4.69) is 12.2 Å². The molecule has 2 fully saturated rings. The van der Waals surface area contributed by atoms with Crippen molar-refractivity contribution in [2.75, 3.05) is 13.2 Å². The Bertz CT molecular complexity index is 255. The van der Waals surface area contributed by atoms with Crippen LogP contribution in [0.2, 0.25) is 0 Å².